The Morgan fingerprint density at radius 1 is 1.20 bits per heavy atom. The topological polar surface area (TPSA) is 44.0 Å². The smallest absolute Gasteiger partial charge is 0.0860 e. The molecule has 2 saturated carbocycles. The van der Waals surface area contributed by atoms with Crippen molar-refractivity contribution in [2.75, 3.05) is 0 Å². The van der Waals surface area contributed by atoms with Gasteiger partial charge in [0.2, 0.25) is 0 Å². The Morgan fingerprint density at radius 3 is 2.40 bits per heavy atom. The Morgan fingerprint density at radius 2 is 1.85 bits per heavy atom. The van der Waals surface area contributed by atoms with Crippen molar-refractivity contribution in [3.8, 4) is 6.07 Å². The first-order valence-electron chi connectivity index (χ1n) is 8.54. The van der Waals surface area contributed by atoms with Gasteiger partial charge in [-0.05, 0) is 62.7 Å². The van der Waals surface area contributed by atoms with Crippen LogP contribution in [0.4, 0.5) is 0 Å². The molecule has 0 bridgehead atoms. The lowest BCUT2D eigenvalue weighted by molar-refractivity contribution is -0.115. The molecule has 0 radical (unpaired) electrons. The van der Waals surface area contributed by atoms with Crippen LogP contribution in [-0.4, -0.2) is 10.7 Å². The maximum Gasteiger partial charge on any atom is 0.0860 e. The average Bonchev–Trinajstić information content (AvgIpc) is 2.39. The normalized spacial score (nSPS) is 42.4. The predicted molar refractivity (Wildman–Crippen MR) is 82.0 cm³/mol. The molecule has 0 aromatic carbocycles. The van der Waals surface area contributed by atoms with Gasteiger partial charge in [-0.1, -0.05) is 33.6 Å². The van der Waals surface area contributed by atoms with Crippen molar-refractivity contribution in [2.24, 2.45) is 23.2 Å². The van der Waals surface area contributed by atoms with Gasteiger partial charge < -0.3 is 5.11 Å². The molecule has 2 unspecified atom stereocenters. The van der Waals surface area contributed by atoms with E-state index in [0.29, 0.717) is 11.8 Å². The monoisotopic (exact) mass is 277 g/mol. The third-order valence-electron chi connectivity index (χ3n) is 5.87. The van der Waals surface area contributed by atoms with Crippen LogP contribution in [0.3, 0.4) is 0 Å². The van der Waals surface area contributed by atoms with E-state index in [1.54, 1.807) is 0 Å². The van der Waals surface area contributed by atoms with Crippen LogP contribution in [0.2, 0.25) is 0 Å². The Balaban J connectivity index is 2.13. The van der Waals surface area contributed by atoms with Gasteiger partial charge >= 0.3 is 0 Å². The van der Waals surface area contributed by atoms with Crippen LogP contribution in [0.15, 0.2) is 0 Å². The van der Waals surface area contributed by atoms with Crippen LogP contribution in [-0.2, 0) is 0 Å². The largest absolute Gasteiger partial charge is 0.388 e. The molecule has 0 saturated heterocycles. The number of rotatable bonds is 3. The maximum atomic E-state index is 11.3. The molecule has 2 atom stereocenters. The van der Waals surface area contributed by atoms with Crippen LogP contribution in [0.25, 0.3) is 0 Å². The van der Waals surface area contributed by atoms with Gasteiger partial charge in [0, 0.05) is 0 Å². The second-order valence-corrected chi connectivity index (χ2v) is 8.00. The summed E-state index contributed by atoms with van der Waals surface area (Å²) < 4.78 is 0. The first-order chi connectivity index (χ1) is 9.41. The molecular weight excluding hydrogens is 246 g/mol. The summed E-state index contributed by atoms with van der Waals surface area (Å²) in [5.74, 6) is 2.01. The maximum absolute atomic E-state index is 11.3. The Bertz CT molecular complexity index is 362. The van der Waals surface area contributed by atoms with E-state index in [-0.39, 0.29) is 0 Å². The fourth-order valence-corrected chi connectivity index (χ4v) is 4.60. The minimum Gasteiger partial charge on any atom is -0.388 e. The van der Waals surface area contributed by atoms with Crippen LogP contribution in [0.1, 0.15) is 78.6 Å². The first kappa shape index (κ1) is 15.8. The van der Waals surface area contributed by atoms with E-state index in [1.807, 2.05) is 0 Å². The number of nitriles is 1. The summed E-state index contributed by atoms with van der Waals surface area (Å²) in [6, 6.07) is 2.57. The van der Waals surface area contributed by atoms with Crippen molar-refractivity contribution in [3.05, 3.63) is 0 Å². The lowest BCUT2D eigenvalue weighted by Gasteiger charge is -2.50. The first-order valence-corrected chi connectivity index (χ1v) is 8.54. The summed E-state index contributed by atoms with van der Waals surface area (Å²) in [5.41, 5.74) is -1.19. The molecule has 0 aromatic rings. The van der Waals surface area contributed by atoms with Crippen molar-refractivity contribution in [2.45, 2.75) is 84.2 Å². The zero-order chi connectivity index (χ0) is 14.8. The van der Waals surface area contributed by atoms with Gasteiger partial charge in [-0.3, -0.25) is 0 Å². The highest BCUT2D eigenvalue weighted by Crippen LogP contribution is 2.53. The van der Waals surface area contributed by atoms with Crippen molar-refractivity contribution in [1.29, 1.82) is 5.26 Å². The summed E-state index contributed by atoms with van der Waals surface area (Å²) in [7, 11) is 0. The van der Waals surface area contributed by atoms with E-state index in [4.69, 9.17) is 0 Å². The summed E-state index contributed by atoms with van der Waals surface area (Å²) in [4.78, 5) is 0. The number of nitrogens with zero attached hydrogens (tertiary/aromatic N) is 1. The van der Waals surface area contributed by atoms with Gasteiger partial charge in [0.25, 0.3) is 0 Å². The van der Waals surface area contributed by atoms with Crippen LogP contribution in [0, 0.1) is 34.5 Å². The molecule has 0 aromatic heterocycles. The Labute approximate surface area is 124 Å². The quantitative estimate of drug-likeness (QED) is 0.814. The van der Waals surface area contributed by atoms with Gasteiger partial charge in [-0.15, -0.1) is 0 Å². The van der Waals surface area contributed by atoms with Gasteiger partial charge in [0.15, 0.2) is 0 Å². The standard InChI is InChI=1S/C18H31NO/c1-14(2)11-16-5-4-8-18(20,12-16)17(13-19)9-6-15(3)7-10-17/h14-16,20H,4-12H2,1-3H3. The van der Waals surface area contributed by atoms with Crippen molar-refractivity contribution in [3.63, 3.8) is 0 Å². The number of hydrogen-bond donors (Lipinski definition) is 1. The second kappa shape index (κ2) is 6.06. The molecule has 0 aliphatic heterocycles. The SMILES string of the molecule is CC(C)CC1CCCC(O)(C2(C#N)CCC(C)CC2)C1. The molecule has 0 heterocycles. The van der Waals surface area contributed by atoms with Gasteiger partial charge in [0.1, 0.15) is 0 Å². The lowest BCUT2D eigenvalue weighted by atomic mass is 9.56. The number of hydrogen-bond acceptors (Lipinski definition) is 2. The summed E-state index contributed by atoms with van der Waals surface area (Å²) in [6.45, 7) is 6.79. The van der Waals surface area contributed by atoms with Gasteiger partial charge in [-0.25, -0.2) is 0 Å². The van der Waals surface area contributed by atoms with Gasteiger partial charge in [-0.2, -0.15) is 5.26 Å². The van der Waals surface area contributed by atoms with E-state index >= 15 is 0 Å². The third kappa shape index (κ3) is 3.03. The van der Waals surface area contributed by atoms with E-state index < -0.39 is 11.0 Å². The molecular formula is C18H31NO. The highest BCUT2D eigenvalue weighted by molar-refractivity contribution is 5.14. The zero-order valence-corrected chi connectivity index (χ0v) is 13.5. The predicted octanol–water partition coefficient (Wildman–Crippen LogP) is 4.67. The van der Waals surface area contributed by atoms with E-state index in [1.165, 1.54) is 12.8 Å². The zero-order valence-electron chi connectivity index (χ0n) is 13.5. The molecule has 0 spiro atoms. The van der Waals surface area contributed by atoms with E-state index in [9.17, 15) is 10.4 Å². The van der Waals surface area contributed by atoms with Crippen LogP contribution >= 0.6 is 0 Å². The fraction of sp³-hybridized carbons (Fsp3) is 0.944. The van der Waals surface area contributed by atoms with Crippen LogP contribution < -0.4 is 0 Å². The molecule has 114 valence electrons. The van der Waals surface area contributed by atoms with Crippen molar-refractivity contribution in [1.82, 2.24) is 0 Å². The average molecular weight is 277 g/mol. The van der Waals surface area contributed by atoms with E-state index in [0.717, 1.165) is 50.9 Å². The van der Waals surface area contributed by atoms with Crippen LogP contribution in [0.5, 0.6) is 0 Å². The second-order valence-electron chi connectivity index (χ2n) is 8.00. The van der Waals surface area contributed by atoms with Crippen molar-refractivity contribution >= 4 is 0 Å². The highest BCUT2D eigenvalue weighted by Gasteiger charge is 2.53. The number of aliphatic hydroxyl groups is 1. The molecule has 20 heavy (non-hydrogen) atoms. The minimum atomic E-state index is -0.723. The van der Waals surface area contributed by atoms with Gasteiger partial charge in [0.05, 0.1) is 17.1 Å². The Hall–Kier alpha value is -0.550. The van der Waals surface area contributed by atoms with E-state index in [2.05, 4.69) is 26.8 Å². The Kier molecular flexibility index (Phi) is 4.80. The van der Waals surface area contributed by atoms with Crippen molar-refractivity contribution < 1.29 is 5.11 Å². The molecule has 2 heteroatoms. The molecule has 2 rings (SSSR count). The third-order valence-corrected chi connectivity index (χ3v) is 5.87. The molecule has 2 fully saturated rings. The fourth-order valence-electron chi connectivity index (χ4n) is 4.60. The highest BCUT2D eigenvalue weighted by atomic mass is 16.3. The summed E-state index contributed by atoms with van der Waals surface area (Å²) in [6.07, 6.45) is 9.21. The molecule has 1 N–H and O–H groups in total. The molecule has 2 aliphatic carbocycles. The molecule has 0 amide bonds. The minimum absolute atomic E-state index is 0.463. The molecule has 2 aliphatic rings. The molecule has 2 nitrogen and oxygen atoms in total. The lowest BCUT2D eigenvalue weighted by Crippen LogP contribution is -2.52. The summed E-state index contributed by atoms with van der Waals surface area (Å²) >= 11 is 0. The summed E-state index contributed by atoms with van der Waals surface area (Å²) in [5, 5.41) is 21.1.